The number of carbonyl (C=O) groups excluding carboxylic acids is 1. The van der Waals surface area contributed by atoms with E-state index in [9.17, 15) is 18.0 Å². The third-order valence-corrected chi connectivity index (χ3v) is 6.34. The molecule has 8 heteroatoms. The average Bonchev–Trinajstić information content (AvgIpc) is 2.68. The van der Waals surface area contributed by atoms with E-state index in [0.29, 0.717) is 12.1 Å². The third-order valence-electron chi connectivity index (χ3n) is 6.34. The largest absolute Gasteiger partial charge is 0.416 e. The fourth-order valence-corrected chi connectivity index (χ4v) is 4.96. The Morgan fingerprint density at radius 3 is 2.34 bits per heavy atom. The molecule has 2 heterocycles. The van der Waals surface area contributed by atoms with Crippen LogP contribution in [0.25, 0.3) is 0 Å². The highest BCUT2D eigenvalue weighted by atomic mass is 19.4. The van der Waals surface area contributed by atoms with Crippen LogP contribution in [0.15, 0.2) is 24.3 Å². The Labute approximate surface area is 189 Å². The van der Waals surface area contributed by atoms with Gasteiger partial charge >= 0.3 is 6.18 Å². The summed E-state index contributed by atoms with van der Waals surface area (Å²) in [4.78, 5) is 17.5. The zero-order chi connectivity index (χ0) is 23.5. The molecule has 180 valence electrons. The zero-order valence-corrected chi connectivity index (χ0v) is 19.5. The highest BCUT2D eigenvalue weighted by molar-refractivity contribution is 5.82. The number of halogens is 3. The fourth-order valence-electron chi connectivity index (χ4n) is 4.96. The molecule has 1 aromatic rings. The van der Waals surface area contributed by atoms with Crippen molar-refractivity contribution in [1.29, 1.82) is 0 Å². The maximum absolute atomic E-state index is 13.2. The number of ether oxygens (including phenoxy) is 1. The number of likely N-dealkylation sites (tertiary alicyclic amines) is 1. The predicted molar refractivity (Wildman–Crippen MR) is 118 cm³/mol. The van der Waals surface area contributed by atoms with Gasteiger partial charge < -0.3 is 10.1 Å². The number of piperidine rings is 1. The Morgan fingerprint density at radius 2 is 1.78 bits per heavy atom. The van der Waals surface area contributed by atoms with E-state index in [4.69, 9.17) is 4.74 Å². The lowest BCUT2D eigenvalue weighted by atomic mass is 9.97. The van der Waals surface area contributed by atoms with Crippen molar-refractivity contribution < 1.29 is 22.7 Å². The smallest absolute Gasteiger partial charge is 0.373 e. The molecule has 3 unspecified atom stereocenters. The van der Waals surface area contributed by atoms with E-state index in [1.165, 1.54) is 12.1 Å². The molecule has 0 aromatic heterocycles. The van der Waals surface area contributed by atoms with Gasteiger partial charge in [-0.1, -0.05) is 32.0 Å². The maximum Gasteiger partial charge on any atom is 0.416 e. The number of nitrogens with zero attached hydrogens (tertiary/aromatic N) is 2. The van der Waals surface area contributed by atoms with E-state index in [-0.39, 0.29) is 36.1 Å². The van der Waals surface area contributed by atoms with Gasteiger partial charge in [-0.2, -0.15) is 13.2 Å². The van der Waals surface area contributed by atoms with Gasteiger partial charge in [0.2, 0.25) is 5.91 Å². The summed E-state index contributed by atoms with van der Waals surface area (Å²) in [5.74, 6) is 0.256. The summed E-state index contributed by atoms with van der Waals surface area (Å²) >= 11 is 0. The van der Waals surface area contributed by atoms with Crippen LogP contribution in [-0.2, 0) is 22.3 Å². The normalized spacial score (nSPS) is 25.1. The predicted octanol–water partition coefficient (Wildman–Crippen LogP) is 3.92. The van der Waals surface area contributed by atoms with Crippen molar-refractivity contribution in [3.05, 3.63) is 35.4 Å². The van der Waals surface area contributed by atoms with Gasteiger partial charge in [-0.25, -0.2) is 0 Å². The highest BCUT2D eigenvalue weighted by Gasteiger charge is 2.35. The number of alkyl halides is 3. The van der Waals surface area contributed by atoms with Crippen LogP contribution in [0, 0.1) is 5.92 Å². The minimum absolute atomic E-state index is 0.0672. The van der Waals surface area contributed by atoms with E-state index in [1.807, 2.05) is 13.8 Å². The Morgan fingerprint density at radius 1 is 1.16 bits per heavy atom. The van der Waals surface area contributed by atoms with Gasteiger partial charge in [0.05, 0.1) is 23.8 Å². The molecule has 32 heavy (non-hydrogen) atoms. The quantitative estimate of drug-likeness (QED) is 0.706. The molecule has 0 aliphatic carbocycles. The van der Waals surface area contributed by atoms with E-state index in [1.54, 1.807) is 6.07 Å². The molecule has 0 saturated carbocycles. The van der Waals surface area contributed by atoms with Gasteiger partial charge in [0.1, 0.15) is 0 Å². The average molecular weight is 456 g/mol. The zero-order valence-electron chi connectivity index (χ0n) is 19.5. The first kappa shape index (κ1) is 25.0. The van der Waals surface area contributed by atoms with Crippen LogP contribution in [-0.4, -0.2) is 66.2 Å². The maximum atomic E-state index is 13.2. The molecular weight excluding hydrogens is 419 g/mol. The minimum Gasteiger partial charge on any atom is -0.373 e. The monoisotopic (exact) mass is 455 g/mol. The van der Waals surface area contributed by atoms with Crippen LogP contribution < -0.4 is 5.32 Å². The van der Waals surface area contributed by atoms with Gasteiger partial charge in [-0.3, -0.25) is 14.6 Å². The standard InChI is InChI=1S/C24H36F3N3O2/c1-16(2)22(30-13-17(3)32-18(4)14-30)23(31)28-21-8-10-29(11-9-21)15-19-6-5-7-20(12-19)24(25,26)27/h5-7,12,16-18,21-22H,8-11,13-15H2,1-4H3,(H,28,31). The molecule has 3 atom stereocenters. The molecule has 3 rings (SSSR count). The summed E-state index contributed by atoms with van der Waals surface area (Å²) < 4.78 is 44.7. The Kier molecular flexibility index (Phi) is 8.22. The van der Waals surface area contributed by atoms with Gasteiger partial charge in [0, 0.05) is 38.8 Å². The molecule has 2 aliphatic heterocycles. The summed E-state index contributed by atoms with van der Waals surface area (Å²) in [6.45, 7) is 11.7. The van der Waals surface area contributed by atoms with Crippen molar-refractivity contribution in [2.24, 2.45) is 5.92 Å². The summed E-state index contributed by atoms with van der Waals surface area (Å²) in [5, 5.41) is 3.24. The molecule has 2 saturated heterocycles. The lowest BCUT2D eigenvalue weighted by Crippen LogP contribution is -2.58. The number of rotatable bonds is 6. The Bertz CT molecular complexity index is 753. The van der Waals surface area contributed by atoms with Crippen molar-refractivity contribution in [3.63, 3.8) is 0 Å². The van der Waals surface area contributed by atoms with E-state index in [2.05, 4.69) is 29.0 Å². The Hall–Kier alpha value is -1.64. The van der Waals surface area contributed by atoms with Crippen molar-refractivity contribution >= 4 is 5.91 Å². The molecule has 1 N–H and O–H groups in total. The fraction of sp³-hybridized carbons (Fsp3) is 0.708. The highest BCUT2D eigenvalue weighted by Crippen LogP contribution is 2.30. The molecule has 2 aliphatic rings. The van der Waals surface area contributed by atoms with Crippen molar-refractivity contribution in [2.75, 3.05) is 26.2 Å². The molecule has 0 radical (unpaired) electrons. The summed E-state index contributed by atoms with van der Waals surface area (Å²) in [5.41, 5.74) is 0.0568. The second-order valence-electron chi connectivity index (χ2n) is 9.66. The second kappa shape index (κ2) is 10.5. The number of nitrogens with one attached hydrogen (secondary N) is 1. The molecule has 2 fully saturated rings. The first-order valence-corrected chi connectivity index (χ1v) is 11.6. The van der Waals surface area contributed by atoms with Gasteiger partial charge in [-0.05, 0) is 44.2 Å². The molecule has 1 aromatic carbocycles. The SMILES string of the molecule is CC1CN(C(C(=O)NC2CCN(Cc3cccc(C(F)(F)F)c3)CC2)C(C)C)CC(C)O1. The van der Waals surface area contributed by atoms with Crippen LogP contribution in [0.1, 0.15) is 51.7 Å². The Balaban J connectivity index is 1.52. The molecule has 0 bridgehead atoms. The van der Waals surface area contributed by atoms with Gasteiger partial charge in [0.25, 0.3) is 0 Å². The van der Waals surface area contributed by atoms with Gasteiger partial charge in [0.15, 0.2) is 0 Å². The molecule has 1 amide bonds. The summed E-state index contributed by atoms with van der Waals surface area (Å²) in [6.07, 6.45) is -2.52. The van der Waals surface area contributed by atoms with E-state index in [0.717, 1.165) is 45.1 Å². The number of amides is 1. The number of hydrogen-bond donors (Lipinski definition) is 1. The summed E-state index contributed by atoms with van der Waals surface area (Å²) in [7, 11) is 0. The lowest BCUT2D eigenvalue weighted by Gasteiger charge is -2.42. The minimum atomic E-state index is -4.32. The molecule has 0 spiro atoms. The lowest BCUT2D eigenvalue weighted by molar-refractivity contribution is -0.138. The molecular formula is C24H36F3N3O2. The van der Waals surface area contributed by atoms with Crippen LogP contribution >= 0.6 is 0 Å². The van der Waals surface area contributed by atoms with E-state index < -0.39 is 11.7 Å². The van der Waals surface area contributed by atoms with Crippen LogP contribution in [0.4, 0.5) is 13.2 Å². The van der Waals surface area contributed by atoms with Crippen LogP contribution in [0.5, 0.6) is 0 Å². The van der Waals surface area contributed by atoms with Crippen molar-refractivity contribution in [2.45, 2.75) is 77.5 Å². The first-order chi connectivity index (χ1) is 15.0. The number of carbonyl (C=O) groups is 1. The van der Waals surface area contributed by atoms with Gasteiger partial charge in [-0.15, -0.1) is 0 Å². The first-order valence-electron chi connectivity index (χ1n) is 11.6. The number of benzene rings is 1. The van der Waals surface area contributed by atoms with Crippen LogP contribution in [0.3, 0.4) is 0 Å². The number of hydrogen-bond acceptors (Lipinski definition) is 4. The van der Waals surface area contributed by atoms with Crippen molar-refractivity contribution in [3.8, 4) is 0 Å². The van der Waals surface area contributed by atoms with E-state index >= 15 is 0 Å². The van der Waals surface area contributed by atoms with Crippen LogP contribution in [0.2, 0.25) is 0 Å². The van der Waals surface area contributed by atoms with Crippen molar-refractivity contribution in [1.82, 2.24) is 15.1 Å². The topological polar surface area (TPSA) is 44.8 Å². The second-order valence-corrected chi connectivity index (χ2v) is 9.66. The molecule has 5 nitrogen and oxygen atoms in total. The third kappa shape index (κ3) is 6.68. The number of morpholine rings is 1. The summed E-state index contributed by atoms with van der Waals surface area (Å²) in [6, 6.07) is 5.44.